The molecule has 6 nitrogen and oxygen atoms in total. The molecular formula is C19H21N3O3S. The molecule has 0 aliphatic carbocycles. The Bertz CT molecular complexity index is 859. The monoisotopic (exact) mass is 371 g/mol. The van der Waals surface area contributed by atoms with Gasteiger partial charge in [-0.05, 0) is 41.6 Å². The van der Waals surface area contributed by atoms with Crippen LogP contribution in [0.1, 0.15) is 29.4 Å². The van der Waals surface area contributed by atoms with Crippen LogP contribution in [0.3, 0.4) is 0 Å². The number of rotatable bonds is 8. The van der Waals surface area contributed by atoms with E-state index in [1.807, 2.05) is 35.7 Å². The Morgan fingerprint density at radius 1 is 1.27 bits per heavy atom. The van der Waals surface area contributed by atoms with Gasteiger partial charge < -0.3 is 14.8 Å². The third kappa shape index (κ3) is 4.23. The molecule has 0 fully saturated rings. The van der Waals surface area contributed by atoms with Crippen LogP contribution in [0, 0.1) is 0 Å². The molecule has 1 aromatic carbocycles. The van der Waals surface area contributed by atoms with Crippen LogP contribution in [-0.2, 0) is 6.54 Å². The van der Waals surface area contributed by atoms with Crippen LogP contribution in [-0.4, -0.2) is 29.8 Å². The molecule has 0 bridgehead atoms. The summed E-state index contributed by atoms with van der Waals surface area (Å²) < 4.78 is 11.0. The van der Waals surface area contributed by atoms with E-state index in [1.165, 1.54) is 0 Å². The molecule has 26 heavy (non-hydrogen) atoms. The van der Waals surface area contributed by atoms with Crippen molar-refractivity contribution < 1.29 is 14.3 Å². The molecule has 0 saturated carbocycles. The number of nitrogens with one attached hydrogen (secondary N) is 2. The molecule has 0 saturated heterocycles. The molecule has 0 radical (unpaired) electrons. The van der Waals surface area contributed by atoms with E-state index in [0.717, 1.165) is 22.6 Å². The van der Waals surface area contributed by atoms with Gasteiger partial charge in [0.25, 0.3) is 5.91 Å². The Morgan fingerprint density at radius 3 is 2.88 bits per heavy atom. The lowest BCUT2D eigenvalue weighted by Gasteiger charge is -2.12. The van der Waals surface area contributed by atoms with Crippen molar-refractivity contribution in [2.75, 3.05) is 13.7 Å². The zero-order valence-corrected chi connectivity index (χ0v) is 15.6. The van der Waals surface area contributed by atoms with Crippen LogP contribution in [0.25, 0.3) is 10.6 Å². The number of aromatic nitrogens is 2. The molecular weight excluding hydrogens is 350 g/mol. The van der Waals surface area contributed by atoms with Gasteiger partial charge in [0, 0.05) is 6.54 Å². The van der Waals surface area contributed by atoms with Crippen molar-refractivity contribution in [3.63, 3.8) is 0 Å². The van der Waals surface area contributed by atoms with Crippen molar-refractivity contribution in [1.82, 2.24) is 15.5 Å². The van der Waals surface area contributed by atoms with Gasteiger partial charge in [-0.25, -0.2) is 0 Å². The molecule has 3 aromatic rings. The normalized spacial score (nSPS) is 10.5. The lowest BCUT2D eigenvalue weighted by Crippen LogP contribution is -2.23. The highest BCUT2D eigenvalue weighted by atomic mass is 32.1. The number of hydrogen-bond acceptors (Lipinski definition) is 5. The van der Waals surface area contributed by atoms with Gasteiger partial charge in [-0.3, -0.25) is 9.89 Å². The largest absolute Gasteiger partial charge is 0.493 e. The van der Waals surface area contributed by atoms with Gasteiger partial charge in [-0.2, -0.15) is 5.10 Å². The average molecular weight is 371 g/mol. The van der Waals surface area contributed by atoms with E-state index >= 15 is 0 Å². The Hall–Kier alpha value is -2.80. The second kappa shape index (κ2) is 8.53. The molecule has 0 spiro atoms. The molecule has 0 aliphatic heterocycles. The first-order valence-corrected chi connectivity index (χ1v) is 9.26. The number of thiophene rings is 1. The van der Waals surface area contributed by atoms with Gasteiger partial charge in [-0.1, -0.05) is 19.1 Å². The summed E-state index contributed by atoms with van der Waals surface area (Å²) >= 11 is 1.59. The summed E-state index contributed by atoms with van der Waals surface area (Å²) in [5, 5.41) is 11.8. The first-order chi connectivity index (χ1) is 12.7. The number of carbonyl (C=O) groups excluding carboxylic acids is 1. The second-order valence-electron chi connectivity index (χ2n) is 5.66. The maximum atomic E-state index is 12.3. The summed E-state index contributed by atoms with van der Waals surface area (Å²) in [5.41, 5.74) is 2.13. The minimum absolute atomic E-state index is 0.227. The standard InChI is InChI=1S/C19H21N3O3S/c1-3-8-25-16-7-6-13(10-17(16)24-2)12-20-19(23)15-11-14(21-22-15)18-5-4-9-26-18/h4-7,9-11H,3,8,12H2,1-2H3,(H,20,23)(H,21,22). The van der Waals surface area contributed by atoms with Gasteiger partial charge in [-0.15, -0.1) is 11.3 Å². The Balaban J connectivity index is 1.62. The number of aromatic amines is 1. The quantitative estimate of drug-likeness (QED) is 0.630. The number of hydrogen-bond donors (Lipinski definition) is 2. The lowest BCUT2D eigenvalue weighted by molar-refractivity contribution is 0.0946. The molecule has 136 valence electrons. The van der Waals surface area contributed by atoms with Gasteiger partial charge in [0.2, 0.25) is 0 Å². The van der Waals surface area contributed by atoms with Crippen molar-refractivity contribution in [3.05, 3.63) is 53.0 Å². The zero-order chi connectivity index (χ0) is 18.4. The SMILES string of the molecule is CCCOc1ccc(CNC(=O)c2cc(-c3cccs3)[nH]n2)cc1OC. The second-order valence-corrected chi connectivity index (χ2v) is 6.61. The summed E-state index contributed by atoms with van der Waals surface area (Å²) in [6.07, 6.45) is 0.929. The number of carbonyl (C=O) groups is 1. The minimum atomic E-state index is -0.227. The fourth-order valence-corrected chi connectivity index (χ4v) is 3.11. The third-order valence-electron chi connectivity index (χ3n) is 3.74. The van der Waals surface area contributed by atoms with Gasteiger partial charge >= 0.3 is 0 Å². The van der Waals surface area contributed by atoms with Crippen molar-refractivity contribution in [2.24, 2.45) is 0 Å². The van der Waals surface area contributed by atoms with Crippen LogP contribution in [0.15, 0.2) is 41.8 Å². The predicted molar refractivity (Wildman–Crippen MR) is 102 cm³/mol. The van der Waals surface area contributed by atoms with E-state index in [2.05, 4.69) is 22.4 Å². The summed E-state index contributed by atoms with van der Waals surface area (Å²) in [6.45, 7) is 3.07. The van der Waals surface area contributed by atoms with Gasteiger partial charge in [0.1, 0.15) is 0 Å². The Kier molecular flexibility index (Phi) is 5.91. The van der Waals surface area contributed by atoms with Gasteiger partial charge in [0.15, 0.2) is 17.2 Å². The van der Waals surface area contributed by atoms with E-state index in [0.29, 0.717) is 30.3 Å². The summed E-state index contributed by atoms with van der Waals surface area (Å²) in [4.78, 5) is 13.4. The summed E-state index contributed by atoms with van der Waals surface area (Å²) in [7, 11) is 1.60. The summed E-state index contributed by atoms with van der Waals surface area (Å²) in [5.74, 6) is 1.14. The van der Waals surface area contributed by atoms with Crippen LogP contribution >= 0.6 is 11.3 Å². The zero-order valence-electron chi connectivity index (χ0n) is 14.7. The van der Waals surface area contributed by atoms with E-state index in [-0.39, 0.29) is 5.91 Å². The summed E-state index contributed by atoms with van der Waals surface area (Å²) in [6, 6.07) is 11.3. The lowest BCUT2D eigenvalue weighted by atomic mass is 10.2. The molecule has 2 aromatic heterocycles. The maximum Gasteiger partial charge on any atom is 0.272 e. The molecule has 0 aliphatic rings. The fraction of sp³-hybridized carbons (Fsp3) is 0.263. The van der Waals surface area contributed by atoms with Crippen LogP contribution in [0.5, 0.6) is 11.5 Å². The topological polar surface area (TPSA) is 76.2 Å². The number of ether oxygens (including phenoxy) is 2. The van der Waals surface area contributed by atoms with E-state index in [4.69, 9.17) is 9.47 Å². The minimum Gasteiger partial charge on any atom is -0.493 e. The highest BCUT2D eigenvalue weighted by Crippen LogP contribution is 2.28. The average Bonchev–Trinajstić information content (AvgIpc) is 3.36. The predicted octanol–water partition coefficient (Wildman–Crippen LogP) is 3.87. The number of amides is 1. The number of benzene rings is 1. The smallest absolute Gasteiger partial charge is 0.272 e. The van der Waals surface area contributed by atoms with Gasteiger partial charge in [0.05, 0.1) is 24.3 Å². The first-order valence-electron chi connectivity index (χ1n) is 8.38. The molecule has 3 rings (SSSR count). The Morgan fingerprint density at radius 2 is 2.15 bits per heavy atom. The number of H-pyrrole nitrogens is 1. The molecule has 2 heterocycles. The van der Waals surface area contributed by atoms with E-state index < -0.39 is 0 Å². The third-order valence-corrected chi connectivity index (χ3v) is 4.64. The maximum absolute atomic E-state index is 12.3. The van der Waals surface area contributed by atoms with Crippen LogP contribution < -0.4 is 14.8 Å². The van der Waals surface area contributed by atoms with Crippen molar-refractivity contribution in [1.29, 1.82) is 0 Å². The fourth-order valence-electron chi connectivity index (χ4n) is 2.42. The Labute approximate surface area is 156 Å². The molecule has 7 heteroatoms. The highest BCUT2D eigenvalue weighted by molar-refractivity contribution is 7.13. The van der Waals surface area contributed by atoms with E-state index in [1.54, 1.807) is 24.5 Å². The molecule has 0 unspecified atom stereocenters. The molecule has 1 amide bonds. The number of nitrogens with zero attached hydrogens (tertiary/aromatic N) is 1. The van der Waals surface area contributed by atoms with Crippen molar-refractivity contribution in [3.8, 4) is 22.1 Å². The molecule has 0 atom stereocenters. The first kappa shape index (κ1) is 18.0. The highest BCUT2D eigenvalue weighted by Gasteiger charge is 2.12. The van der Waals surface area contributed by atoms with Crippen LogP contribution in [0.4, 0.5) is 0 Å². The number of methoxy groups -OCH3 is 1. The van der Waals surface area contributed by atoms with Crippen molar-refractivity contribution in [2.45, 2.75) is 19.9 Å². The van der Waals surface area contributed by atoms with Crippen molar-refractivity contribution >= 4 is 17.2 Å². The van der Waals surface area contributed by atoms with E-state index in [9.17, 15) is 4.79 Å². The molecule has 2 N–H and O–H groups in total. The van der Waals surface area contributed by atoms with Crippen LogP contribution in [0.2, 0.25) is 0 Å².